The molecule has 0 rings (SSSR count). The van der Waals surface area contributed by atoms with Crippen LogP contribution in [0.1, 0.15) is 342 Å². The number of unbranched alkanes of at least 4 members (excludes halogenated alkanes) is 37. The fraction of sp³-hybridized carbons (Fsp3) is 0.767. The standard InChI is InChI=1S/C73H128O6/c1-4-7-10-13-16-19-22-24-26-28-30-32-34-35-36-37-39-40-42-44-46-48-51-54-57-60-63-66-72(75)78-69-70(68-77-71(74)65-62-59-56-53-50-21-18-15-12-9-6-3)79-73(76)67-64-61-58-55-52-49-47-45-43-41-38-33-31-29-27-25-23-20-17-14-11-8-5-2/h7,10,15-16,18-19,23-26,29-32,70H,4-6,8-9,11-14,17,20-22,27-28,33-69H2,1-3H3/b10-7-,18-15-,19-16-,25-23-,26-24-,31-29-,32-30-. The molecule has 0 spiro atoms. The summed E-state index contributed by atoms with van der Waals surface area (Å²) in [7, 11) is 0. The molecule has 0 aromatic rings. The number of allylic oxidation sites excluding steroid dienone is 14. The summed E-state index contributed by atoms with van der Waals surface area (Å²) in [5, 5.41) is 0. The number of hydrogen-bond acceptors (Lipinski definition) is 6. The molecule has 0 saturated heterocycles. The van der Waals surface area contributed by atoms with Gasteiger partial charge in [-0.15, -0.1) is 0 Å². The van der Waals surface area contributed by atoms with E-state index in [1.54, 1.807) is 0 Å². The Bertz CT molecular complexity index is 1500. The fourth-order valence-electron chi connectivity index (χ4n) is 9.74. The zero-order valence-electron chi connectivity index (χ0n) is 52.4. The van der Waals surface area contributed by atoms with Crippen LogP contribution in [0.5, 0.6) is 0 Å². The van der Waals surface area contributed by atoms with Crippen LogP contribution in [0.3, 0.4) is 0 Å². The molecule has 0 aliphatic carbocycles. The van der Waals surface area contributed by atoms with Crippen LogP contribution in [0.25, 0.3) is 0 Å². The Morgan fingerprint density at radius 1 is 0.266 bits per heavy atom. The number of carbonyl (C=O) groups excluding carboxylic acids is 3. The highest BCUT2D eigenvalue weighted by Gasteiger charge is 2.19. The Hall–Kier alpha value is -3.41. The Morgan fingerprint density at radius 2 is 0.506 bits per heavy atom. The Labute approximate surface area is 490 Å². The van der Waals surface area contributed by atoms with Gasteiger partial charge in [-0.25, -0.2) is 0 Å². The van der Waals surface area contributed by atoms with Crippen LogP contribution in [0, 0.1) is 0 Å². The lowest BCUT2D eigenvalue weighted by Crippen LogP contribution is -2.30. The third kappa shape index (κ3) is 65.3. The van der Waals surface area contributed by atoms with E-state index >= 15 is 0 Å². The van der Waals surface area contributed by atoms with Crippen LogP contribution < -0.4 is 0 Å². The molecule has 0 aromatic heterocycles. The molecule has 0 saturated carbocycles. The van der Waals surface area contributed by atoms with E-state index in [0.29, 0.717) is 19.3 Å². The van der Waals surface area contributed by atoms with E-state index < -0.39 is 6.10 Å². The normalized spacial score (nSPS) is 12.6. The summed E-state index contributed by atoms with van der Waals surface area (Å²) in [6, 6.07) is 0. The van der Waals surface area contributed by atoms with Crippen LogP contribution in [-0.2, 0) is 28.6 Å². The molecule has 6 heteroatoms. The third-order valence-corrected chi connectivity index (χ3v) is 14.9. The maximum Gasteiger partial charge on any atom is 0.306 e. The number of esters is 3. The van der Waals surface area contributed by atoms with Gasteiger partial charge in [0.1, 0.15) is 13.2 Å². The van der Waals surface area contributed by atoms with E-state index in [1.807, 2.05) is 0 Å². The molecule has 0 heterocycles. The maximum absolute atomic E-state index is 12.9. The first-order chi connectivity index (χ1) is 39.0. The second kappa shape index (κ2) is 67.1. The molecule has 0 fully saturated rings. The summed E-state index contributed by atoms with van der Waals surface area (Å²) >= 11 is 0. The van der Waals surface area contributed by atoms with Crippen LogP contribution >= 0.6 is 0 Å². The SMILES string of the molecule is CC/C=C\C/C=C\C/C=C\C/C=C\CCCCCCCCCCCCCCCCC(=O)OCC(COC(=O)CCCCCCC/C=C\CCCC)OC(=O)CCCCCCCCCCCCC/C=C\C/C=C\CCCCCCC. The summed E-state index contributed by atoms with van der Waals surface area (Å²) in [6.07, 6.45) is 88.9. The second-order valence-corrected chi connectivity index (χ2v) is 22.7. The van der Waals surface area contributed by atoms with Crippen molar-refractivity contribution in [1.29, 1.82) is 0 Å². The molecule has 79 heavy (non-hydrogen) atoms. The van der Waals surface area contributed by atoms with E-state index in [0.717, 1.165) is 96.3 Å². The first kappa shape index (κ1) is 75.6. The predicted octanol–water partition coefficient (Wildman–Crippen LogP) is 23.4. The van der Waals surface area contributed by atoms with Crippen molar-refractivity contribution in [2.45, 2.75) is 348 Å². The van der Waals surface area contributed by atoms with E-state index in [2.05, 4.69) is 106 Å². The number of ether oxygens (including phenoxy) is 3. The molecule has 0 radical (unpaired) electrons. The molecule has 1 atom stereocenters. The molecule has 0 aromatic carbocycles. The van der Waals surface area contributed by atoms with Crippen molar-refractivity contribution in [1.82, 2.24) is 0 Å². The summed E-state index contributed by atoms with van der Waals surface area (Å²) < 4.78 is 16.9. The minimum atomic E-state index is -0.781. The number of rotatable bonds is 62. The van der Waals surface area contributed by atoms with E-state index in [1.165, 1.54) is 205 Å². The van der Waals surface area contributed by atoms with Gasteiger partial charge in [0.2, 0.25) is 0 Å². The smallest absolute Gasteiger partial charge is 0.306 e. The van der Waals surface area contributed by atoms with Crippen molar-refractivity contribution in [3.63, 3.8) is 0 Å². The van der Waals surface area contributed by atoms with Crippen molar-refractivity contribution in [2.24, 2.45) is 0 Å². The Morgan fingerprint density at radius 3 is 0.823 bits per heavy atom. The average Bonchev–Trinajstić information content (AvgIpc) is 3.45. The van der Waals surface area contributed by atoms with Crippen LogP contribution in [0.15, 0.2) is 85.1 Å². The Balaban J connectivity index is 4.22. The fourth-order valence-corrected chi connectivity index (χ4v) is 9.74. The van der Waals surface area contributed by atoms with Gasteiger partial charge >= 0.3 is 17.9 Å². The van der Waals surface area contributed by atoms with Gasteiger partial charge in [-0.3, -0.25) is 14.4 Å². The molecule has 0 aliphatic rings. The minimum Gasteiger partial charge on any atom is -0.462 e. The van der Waals surface area contributed by atoms with Gasteiger partial charge < -0.3 is 14.2 Å². The minimum absolute atomic E-state index is 0.0777. The lowest BCUT2D eigenvalue weighted by molar-refractivity contribution is -0.167. The lowest BCUT2D eigenvalue weighted by Gasteiger charge is -2.18. The monoisotopic (exact) mass is 1100 g/mol. The average molecular weight is 1100 g/mol. The highest BCUT2D eigenvalue weighted by Crippen LogP contribution is 2.17. The topological polar surface area (TPSA) is 78.9 Å². The molecular formula is C73H128O6. The summed E-state index contributed by atoms with van der Waals surface area (Å²) in [4.78, 5) is 38.3. The molecule has 6 nitrogen and oxygen atoms in total. The molecule has 456 valence electrons. The predicted molar refractivity (Wildman–Crippen MR) is 344 cm³/mol. The number of carbonyl (C=O) groups is 3. The van der Waals surface area contributed by atoms with Gasteiger partial charge in [0, 0.05) is 19.3 Å². The van der Waals surface area contributed by atoms with Crippen LogP contribution in [0.2, 0.25) is 0 Å². The van der Waals surface area contributed by atoms with Gasteiger partial charge in [0.25, 0.3) is 0 Å². The van der Waals surface area contributed by atoms with E-state index in [9.17, 15) is 14.4 Å². The van der Waals surface area contributed by atoms with E-state index in [-0.39, 0.29) is 31.1 Å². The highest BCUT2D eigenvalue weighted by atomic mass is 16.6. The zero-order valence-corrected chi connectivity index (χ0v) is 52.4. The van der Waals surface area contributed by atoms with Gasteiger partial charge in [-0.05, 0) is 109 Å². The molecular weight excluding hydrogens is 973 g/mol. The zero-order chi connectivity index (χ0) is 57.1. The van der Waals surface area contributed by atoms with Crippen molar-refractivity contribution in [3.8, 4) is 0 Å². The van der Waals surface area contributed by atoms with Crippen LogP contribution in [-0.4, -0.2) is 37.2 Å². The van der Waals surface area contributed by atoms with Crippen molar-refractivity contribution in [2.75, 3.05) is 13.2 Å². The quantitative estimate of drug-likeness (QED) is 0.0261. The molecule has 0 N–H and O–H groups in total. The van der Waals surface area contributed by atoms with E-state index in [4.69, 9.17) is 14.2 Å². The summed E-state index contributed by atoms with van der Waals surface area (Å²) in [5.41, 5.74) is 0. The molecule has 0 amide bonds. The van der Waals surface area contributed by atoms with Crippen molar-refractivity contribution < 1.29 is 28.6 Å². The van der Waals surface area contributed by atoms with Gasteiger partial charge in [0.15, 0.2) is 6.10 Å². The first-order valence-electron chi connectivity index (χ1n) is 34.1. The largest absolute Gasteiger partial charge is 0.462 e. The third-order valence-electron chi connectivity index (χ3n) is 14.9. The highest BCUT2D eigenvalue weighted by molar-refractivity contribution is 5.71. The maximum atomic E-state index is 12.9. The number of hydrogen-bond donors (Lipinski definition) is 0. The first-order valence-corrected chi connectivity index (χ1v) is 34.1. The second-order valence-electron chi connectivity index (χ2n) is 22.7. The van der Waals surface area contributed by atoms with Crippen LogP contribution in [0.4, 0.5) is 0 Å². The molecule has 0 aliphatic heterocycles. The van der Waals surface area contributed by atoms with Crippen molar-refractivity contribution >= 4 is 17.9 Å². The molecule has 1 unspecified atom stereocenters. The van der Waals surface area contributed by atoms with Gasteiger partial charge in [0.05, 0.1) is 0 Å². The lowest BCUT2D eigenvalue weighted by atomic mass is 10.0. The Kier molecular flexibility index (Phi) is 64.2. The summed E-state index contributed by atoms with van der Waals surface area (Å²) in [6.45, 7) is 6.51. The van der Waals surface area contributed by atoms with Gasteiger partial charge in [-0.1, -0.05) is 298 Å². The van der Waals surface area contributed by atoms with Gasteiger partial charge in [-0.2, -0.15) is 0 Å². The van der Waals surface area contributed by atoms with Crippen molar-refractivity contribution in [3.05, 3.63) is 85.1 Å². The molecule has 0 bridgehead atoms. The summed E-state index contributed by atoms with van der Waals surface area (Å²) in [5.74, 6) is -0.875.